The van der Waals surface area contributed by atoms with Gasteiger partial charge in [-0.3, -0.25) is 9.59 Å². The molecule has 3 atom stereocenters. The number of carbonyl (C=O) groups excluding carboxylic acids is 2. The van der Waals surface area contributed by atoms with E-state index in [1.165, 1.54) is 12.1 Å². The maximum Gasteiger partial charge on any atom is 0.418 e. The molecule has 0 saturated carbocycles. The summed E-state index contributed by atoms with van der Waals surface area (Å²) in [6.45, 7) is 1.61. The van der Waals surface area contributed by atoms with Crippen molar-refractivity contribution in [1.29, 1.82) is 0 Å². The van der Waals surface area contributed by atoms with Crippen molar-refractivity contribution in [3.05, 3.63) is 29.8 Å². The van der Waals surface area contributed by atoms with Crippen LogP contribution < -0.4 is 4.90 Å². The highest BCUT2D eigenvalue weighted by Gasteiger charge is 2.55. The first-order chi connectivity index (χ1) is 9.82. The van der Waals surface area contributed by atoms with E-state index in [9.17, 15) is 22.8 Å². The second kappa shape index (κ2) is 4.37. The average Bonchev–Trinajstić information content (AvgIpc) is 2.90. The van der Waals surface area contributed by atoms with Gasteiger partial charge in [0.1, 0.15) is 0 Å². The zero-order chi connectivity index (χ0) is 15.4. The summed E-state index contributed by atoms with van der Waals surface area (Å²) in [5, 5.41) is 7.46. The number of nitrogens with zero attached hydrogens (tertiary/aromatic N) is 3. The minimum atomic E-state index is -4.65. The zero-order valence-electron chi connectivity index (χ0n) is 10.8. The van der Waals surface area contributed by atoms with Crippen LogP contribution in [0.1, 0.15) is 12.5 Å². The Balaban J connectivity index is 2.09. The van der Waals surface area contributed by atoms with Crippen LogP contribution in [-0.2, 0) is 15.8 Å². The lowest BCUT2D eigenvalue weighted by molar-refractivity contribution is -0.137. The zero-order valence-corrected chi connectivity index (χ0v) is 10.8. The highest BCUT2D eigenvalue weighted by Crippen LogP contribution is 2.41. The Morgan fingerprint density at radius 1 is 1.10 bits per heavy atom. The maximum atomic E-state index is 13.0. The van der Waals surface area contributed by atoms with Crippen molar-refractivity contribution in [2.24, 2.45) is 16.1 Å². The highest BCUT2D eigenvalue weighted by molar-refractivity contribution is 6.24. The van der Waals surface area contributed by atoms with Gasteiger partial charge in [-0.2, -0.15) is 23.4 Å². The molecule has 1 saturated heterocycles. The van der Waals surface area contributed by atoms with Gasteiger partial charge in [-0.25, -0.2) is 4.90 Å². The highest BCUT2D eigenvalue weighted by atomic mass is 19.4. The SMILES string of the molecule is CC1N=NC2C(=O)N(c3ccccc3C(F)(F)F)C(=O)C12. The molecule has 2 heterocycles. The Bertz CT molecular complexity index is 656. The summed E-state index contributed by atoms with van der Waals surface area (Å²) in [5.41, 5.74) is -1.46. The molecule has 0 aromatic heterocycles. The van der Waals surface area contributed by atoms with E-state index in [-0.39, 0.29) is 0 Å². The van der Waals surface area contributed by atoms with Crippen LogP contribution in [0.3, 0.4) is 0 Å². The molecular weight excluding hydrogens is 287 g/mol. The van der Waals surface area contributed by atoms with E-state index < -0.39 is 47.2 Å². The van der Waals surface area contributed by atoms with Crippen molar-refractivity contribution >= 4 is 17.5 Å². The molecule has 8 heteroatoms. The molecule has 110 valence electrons. The van der Waals surface area contributed by atoms with Gasteiger partial charge in [-0.1, -0.05) is 12.1 Å². The molecule has 0 spiro atoms. The lowest BCUT2D eigenvalue weighted by Crippen LogP contribution is -2.34. The van der Waals surface area contributed by atoms with E-state index in [1.807, 2.05) is 0 Å². The lowest BCUT2D eigenvalue weighted by Gasteiger charge is -2.20. The number of carbonyl (C=O) groups is 2. The number of alkyl halides is 3. The van der Waals surface area contributed by atoms with Crippen LogP contribution in [0.25, 0.3) is 0 Å². The van der Waals surface area contributed by atoms with Crippen LogP contribution in [-0.4, -0.2) is 23.9 Å². The number of anilines is 1. The van der Waals surface area contributed by atoms with Crippen molar-refractivity contribution in [1.82, 2.24) is 0 Å². The number of halogens is 3. The first-order valence-electron chi connectivity index (χ1n) is 6.26. The standard InChI is InChI=1S/C13H10F3N3O2/c1-6-9-10(18-17-6)12(21)19(11(9)20)8-5-3-2-4-7(8)13(14,15)16/h2-6,9-10H,1H3. The number of azo groups is 1. The molecule has 1 fully saturated rings. The molecule has 1 aromatic rings. The van der Waals surface area contributed by atoms with Crippen molar-refractivity contribution < 1.29 is 22.8 Å². The summed E-state index contributed by atoms with van der Waals surface area (Å²) in [6.07, 6.45) is -4.65. The summed E-state index contributed by atoms with van der Waals surface area (Å²) in [5.74, 6) is -2.24. The first-order valence-corrected chi connectivity index (χ1v) is 6.26. The number of hydrogen-bond acceptors (Lipinski definition) is 4. The minimum absolute atomic E-state index is 0.447. The van der Waals surface area contributed by atoms with Gasteiger partial charge in [0.15, 0.2) is 6.04 Å². The van der Waals surface area contributed by atoms with E-state index in [2.05, 4.69) is 10.2 Å². The number of fused-ring (bicyclic) bond motifs is 1. The molecule has 0 bridgehead atoms. The number of benzene rings is 1. The van der Waals surface area contributed by atoms with E-state index in [0.717, 1.165) is 12.1 Å². The topological polar surface area (TPSA) is 62.1 Å². The fraction of sp³-hybridized carbons (Fsp3) is 0.385. The normalized spacial score (nSPS) is 28.4. The monoisotopic (exact) mass is 297 g/mol. The summed E-state index contributed by atoms with van der Waals surface area (Å²) in [4.78, 5) is 25.1. The Hall–Kier alpha value is -2.25. The van der Waals surface area contributed by atoms with Crippen LogP contribution in [0.2, 0.25) is 0 Å². The molecule has 2 aliphatic heterocycles. The summed E-state index contributed by atoms with van der Waals surface area (Å²) >= 11 is 0. The van der Waals surface area contributed by atoms with E-state index >= 15 is 0 Å². The van der Waals surface area contributed by atoms with Crippen molar-refractivity contribution in [2.75, 3.05) is 4.90 Å². The predicted molar refractivity (Wildman–Crippen MR) is 65.5 cm³/mol. The lowest BCUT2D eigenvalue weighted by atomic mass is 9.98. The molecular formula is C13H10F3N3O2. The number of hydrogen-bond donors (Lipinski definition) is 0. The van der Waals surface area contributed by atoms with Gasteiger partial charge in [-0.15, -0.1) is 0 Å². The van der Waals surface area contributed by atoms with Gasteiger partial charge in [0.05, 0.1) is 23.2 Å². The number of amides is 2. The number of rotatable bonds is 1. The maximum absolute atomic E-state index is 13.0. The molecule has 2 amide bonds. The minimum Gasteiger partial charge on any atom is -0.274 e. The molecule has 21 heavy (non-hydrogen) atoms. The summed E-state index contributed by atoms with van der Waals surface area (Å²) in [7, 11) is 0. The third kappa shape index (κ3) is 1.93. The quantitative estimate of drug-likeness (QED) is 0.747. The second-order valence-electron chi connectivity index (χ2n) is 4.97. The molecule has 0 aliphatic carbocycles. The summed E-state index contributed by atoms with van der Waals surface area (Å²) in [6, 6.07) is 3.00. The van der Waals surface area contributed by atoms with Crippen molar-refractivity contribution in [3.8, 4) is 0 Å². The largest absolute Gasteiger partial charge is 0.418 e. The van der Waals surface area contributed by atoms with Crippen molar-refractivity contribution in [2.45, 2.75) is 25.2 Å². The van der Waals surface area contributed by atoms with Gasteiger partial charge in [0, 0.05) is 0 Å². The predicted octanol–water partition coefficient (Wildman–Crippen LogP) is 2.42. The molecule has 0 radical (unpaired) electrons. The van der Waals surface area contributed by atoms with Gasteiger partial charge >= 0.3 is 6.18 Å². The number of imide groups is 1. The van der Waals surface area contributed by atoms with Crippen LogP contribution in [0.5, 0.6) is 0 Å². The van der Waals surface area contributed by atoms with E-state index in [4.69, 9.17) is 0 Å². The molecule has 3 rings (SSSR count). The van der Waals surface area contributed by atoms with E-state index in [0.29, 0.717) is 4.90 Å². The van der Waals surface area contributed by atoms with Gasteiger partial charge in [0.2, 0.25) is 5.91 Å². The molecule has 5 nitrogen and oxygen atoms in total. The third-order valence-electron chi connectivity index (χ3n) is 3.66. The molecule has 1 aromatic carbocycles. The number of para-hydroxylation sites is 1. The van der Waals surface area contributed by atoms with Gasteiger partial charge in [0.25, 0.3) is 5.91 Å². The first kappa shape index (κ1) is 13.7. The van der Waals surface area contributed by atoms with Crippen LogP contribution in [0.15, 0.2) is 34.5 Å². The molecule has 2 aliphatic rings. The summed E-state index contributed by atoms with van der Waals surface area (Å²) < 4.78 is 39.1. The van der Waals surface area contributed by atoms with E-state index in [1.54, 1.807) is 6.92 Å². The van der Waals surface area contributed by atoms with Crippen LogP contribution in [0, 0.1) is 5.92 Å². The molecule has 3 unspecified atom stereocenters. The Labute approximate surface area is 117 Å². The van der Waals surface area contributed by atoms with Crippen molar-refractivity contribution in [3.63, 3.8) is 0 Å². The fourth-order valence-electron chi connectivity index (χ4n) is 2.66. The van der Waals surface area contributed by atoms with Crippen LogP contribution in [0.4, 0.5) is 18.9 Å². The average molecular weight is 297 g/mol. The van der Waals surface area contributed by atoms with Gasteiger partial charge in [-0.05, 0) is 19.1 Å². The fourth-order valence-corrected chi connectivity index (χ4v) is 2.66. The van der Waals surface area contributed by atoms with Gasteiger partial charge < -0.3 is 0 Å². The Morgan fingerprint density at radius 2 is 1.76 bits per heavy atom. The second-order valence-corrected chi connectivity index (χ2v) is 4.97. The van der Waals surface area contributed by atoms with Crippen LogP contribution >= 0.6 is 0 Å². The Kier molecular flexibility index (Phi) is 2.86. The third-order valence-corrected chi connectivity index (χ3v) is 3.66. The smallest absolute Gasteiger partial charge is 0.274 e. The molecule has 0 N–H and O–H groups in total. The Morgan fingerprint density at radius 3 is 2.38 bits per heavy atom.